The number of carbonyl (C=O) groups excluding carboxylic acids is 1. The number of aromatic hydroxyl groups is 1. The van der Waals surface area contributed by atoms with E-state index < -0.39 is 17.1 Å². The van der Waals surface area contributed by atoms with Crippen molar-refractivity contribution in [3.63, 3.8) is 0 Å². The number of esters is 1. The fourth-order valence-corrected chi connectivity index (χ4v) is 4.90. The number of phenols is 1. The van der Waals surface area contributed by atoms with Crippen LogP contribution in [0.1, 0.15) is 49.4 Å². The number of phenolic OH excluding ortho intramolecular Hbond substituents is 1. The molecule has 0 saturated heterocycles. The van der Waals surface area contributed by atoms with E-state index in [2.05, 4.69) is 0 Å². The SMILES string of the molecule is CC[C@@]1(O)C(=O)OCc2c1cc1n(c2=O)Cc2cc3c(C(C)(C)N)c(O)ccc3cc2-1. The number of aromatic nitrogens is 1. The van der Waals surface area contributed by atoms with Crippen molar-refractivity contribution in [2.45, 2.75) is 51.5 Å². The van der Waals surface area contributed by atoms with Gasteiger partial charge in [-0.15, -0.1) is 0 Å². The van der Waals surface area contributed by atoms with Crippen molar-refractivity contribution in [1.82, 2.24) is 4.57 Å². The largest absolute Gasteiger partial charge is 0.508 e. The molecular formula is C24H24N2O5. The number of ether oxygens (including phenoxy) is 1. The lowest BCUT2D eigenvalue weighted by Gasteiger charge is -2.31. The zero-order chi connectivity index (χ0) is 22.3. The Morgan fingerprint density at radius 1 is 1.23 bits per heavy atom. The summed E-state index contributed by atoms with van der Waals surface area (Å²) in [6.45, 7) is 5.57. The number of fused-ring (bicyclic) bond motifs is 5. The monoisotopic (exact) mass is 420 g/mol. The first-order chi connectivity index (χ1) is 14.6. The minimum atomic E-state index is -1.83. The minimum Gasteiger partial charge on any atom is -0.508 e. The highest BCUT2D eigenvalue weighted by Gasteiger charge is 2.45. The highest BCUT2D eigenvalue weighted by Crippen LogP contribution is 2.42. The highest BCUT2D eigenvalue weighted by molar-refractivity contribution is 5.94. The van der Waals surface area contributed by atoms with E-state index in [0.29, 0.717) is 28.9 Å². The average Bonchev–Trinajstić information content (AvgIpc) is 3.06. The molecule has 3 heterocycles. The molecule has 0 saturated carbocycles. The van der Waals surface area contributed by atoms with E-state index in [1.165, 1.54) is 0 Å². The summed E-state index contributed by atoms with van der Waals surface area (Å²) >= 11 is 0. The van der Waals surface area contributed by atoms with Gasteiger partial charge in [0.05, 0.1) is 17.8 Å². The van der Waals surface area contributed by atoms with Gasteiger partial charge in [0.25, 0.3) is 5.56 Å². The van der Waals surface area contributed by atoms with Crippen LogP contribution in [0.25, 0.3) is 22.0 Å². The molecule has 0 fully saturated rings. The number of hydrogen-bond acceptors (Lipinski definition) is 6. The summed E-state index contributed by atoms with van der Waals surface area (Å²) in [5.41, 5.74) is 7.19. The van der Waals surface area contributed by atoms with Gasteiger partial charge in [-0.2, -0.15) is 0 Å². The quantitative estimate of drug-likeness (QED) is 0.430. The Hall–Kier alpha value is -3.16. The van der Waals surface area contributed by atoms with Crippen LogP contribution in [0.5, 0.6) is 5.75 Å². The van der Waals surface area contributed by atoms with Crippen molar-refractivity contribution in [3.8, 4) is 17.0 Å². The van der Waals surface area contributed by atoms with Gasteiger partial charge in [0.1, 0.15) is 12.4 Å². The molecule has 0 unspecified atom stereocenters. The van der Waals surface area contributed by atoms with Crippen molar-refractivity contribution >= 4 is 16.7 Å². The second kappa shape index (κ2) is 6.18. The Labute approximate surface area is 178 Å². The molecule has 0 radical (unpaired) electrons. The van der Waals surface area contributed by atoms with Gasteiger partial charge in [-0.3, -0.25) is 4.79 Å². The molecule has 2 aliphatic rings. The average molecular weight is 420 g/mol. The predicted molar refractivity (Wildman–Crippen MR) is 116 cm³/mol. The fraction of sp³-hybridized carbons (Fsp3) is 0.333. The van der Waals surface area contributed by atoms with E-state index in [4.69, 9.17) is 10.5 Å². The first kappa shape index (κ1) is 19.8. The van der Waals surface area contributed by atoms with Crippen LogP contribution in [0.4, 0.5) is 0 Å². The Kier molecular flexibility index (Phi) is 3.95. The molecule has 4 N–H and O–H groups in total. The third kappa shape index (κ3) is 2.60. The Morgan fingerprint density at radius 3 is 2.65 bits per heavy atom. The number of cyclic esters (lactones) is 1. The predicted octanol–water partition coefficient (Wildman–Crippen LogP) is 2.58. The van der Waals surface area contributed by atoms with Gasteiger partial charge in [0, 0.05) is 22.2 Å². The Bertz CT molecular complexity index is 1350. The number of hydrogen-bond donors (Lipinski definition) is 3. The second-order valence-electron chi connectivity index (χ2n) is 9.01. The van der Waals surface area contributed by atoms with Gasteiger partial charge >= 0.3 is 5.97 Å². The number of carbonyl (C=O) groups is 1. The maximum atomic E-state index is 13.3. The normalized spacial score (nSPS) is 19.7. The molecule has 3 aromatic rings. The summed E-state index contributed by atoms with van der Waals surface area (Å²) in [6, 6.07) is 9.12. The highest BCUT2D eigenvalue weighted by atomic mass is 16.6. The van der Waals surface area contributed by atoms with Crippen molar-refractivity contribution < 1.29 is 19.7 Å². The van der Waals surface area contributed by atoms with Crippen molar-refractivity contribution in [1.29, 1.82) is 0 Å². The molecule has 7 nitrogen and oxygen atoms in total. The number of nitrogens with zero attached hydrogens (tertiary/aromatic N) is 1. The van der Waals surface area contributed by atoms with Gasteiger partial charge in [-0.1, -0.05) is 13.0 Å². The number of aliphatic hydroxyl groups is 1. The molecule has 1 atom stereocenters. The molecule has 31 heavy (non-hydrogen) atoms. The van der Waals surface area contributed by atoms with Gasteiger partial charge in [-0.05, 0) is 60.9 Å². The Morgan fingerprint density at radius 2 is 1.97 bits per heavy atom. The molecule has 0 spiro atoms. The topological polar surface area (TPSA) is 115 Å². The standard InChI is InChI=1S/C24H24N2O5/c1-4-24(30)17-9-18-14-7-12-5-6-19(27)20(23(2,3)25)15(12)8-13(14)10-26(18)21(28)16(17)11-31-22(24)29/h5-9,27,30H,4,10-11,25H2,1-3H3/t24-/m0/s1. The van der Waals surface area contributed by atoms with Crippen molar-refractivity contribution in [2.24, 2.45) is 5.73 Å². The van der Waals surface area contributed by atoms with E-state index in [-0.39, 0.29) is 24.3 Å². The van der Waals surface area contributed by atoms with Crippen LogP contribution in [0.2, 0.25) is 0 Å². The van der Waals surface area contributed by atoms with Crippen LogP contribution in [0.3, 0.4) is 0 Å². The second-order valence-corrected chi connectivity index (χ2v) is 9.01. The first-order valence-corrected chi connectivity index (χ1v) is 10.3. The number of nitrogens with two attached hydrogens (primary N) is 1. The first-order valence-electron chi connectivity index (χ1n) is 10.3. The summed E-state index contributed by atoms with van der Waals surface area (Å²) in [7, 11) is 0. The number of benzene rings is 2. The van der Waals surface area contributed by atoms with Gasteiger partial charge in [0.15, 0.2) is 5.60 Å². The summed E-state index contributed by atoms with van der Waals surface area (Å²) in [5.74, 6) is -0.597. The van der Waals surface area contributed by atoms with E-state index in [1.54, 1.807) is 23.6 Å². The zero-order valence-corrected chi connectivity index (χ0v) is 17.7. The number of pyridine rings is 1. The molecule has 0 amide bonds. The lowest BCUT2D eigenvalue weighted by atomic mass is 9.85. The molecular weight excluding hydrogens is 396 g/mol. The Balaban J connectivity index is 1.79. The molecule has 2 aliphatic heterocycles. The molecule has 0 bridgehead atoms. The van der Waals surface area contributed by atoms with E-state index in [1.807, 2.05) is 32.0 Å². The molecule has 0 aliphatic carbocycles. The zero-order valence-electron chi connectivity index (χ0n) is 17.7. The molecule has 160 valence electrons. The minimum absolute atomic E-state index is 0.112. The van der Waals surface area contributed by atoms with Crippen LogP contribution in [-0.4, -0.2) is 20.7 Å². The van der Waals surface area contributed by atoms with Crippen molar-refractivity contribution in [3.05, 3.63) is 62.9 Å². The summed E-state index contributed by atoms with van der Waals surface area (Å²) in [5, 5.41) is 23.1. The fourth-order valence-electron chi connectivity index (χ4n) is 4.90. The third-order valence-electron chi connectivity index (χ3n) is 6.51. The van der Waals surface area contributed by atoms with Crippen LogP contribution in [0, 0.1) is 0 Å². The van der Waals surface area contributed by atoms with Crippen LogP contribution >= 0.6 is 0 Å². The lowest BCUT2D eigenvalue weighted by Crippen LogP contribution is -2.44. The summed E-state index contributed by atoms with van der Waals surface area (Å²) in [6.07, 6.45) is 0.112. The van der Waals surface area contributed by atoms with Crippen LogP contribution < -0.4 is 11.3 Å². The lowest BCUT2D eigenvalue weighted by molar-refractivity contribution is -0.172. The van der Waals surface area contributed by atoms with E-state index >= 15 is 0 Å². The van der Waals surface area contributed by atoms with E-state index in [9.17, 15) is 19.8 Å². The van der Waals surface area contributed by atoms with Gasteiger partial charge in [-0.25, -0.2) is 4.79 Å². The van der Waals surface area contributed by atoms with Gasteiger partial charge in [0.2, 0.25) is 0 Å². The van der Waals surface area contributed by atoms with E-state index in [0.717, 1.165) is 21.9 Å². The summed E-state index contributed by atoms with van der Waals surface area (Å²) < 4.78 is 6.76. The van der Waals surface area contributed by atoms with Crippen molar-refractivity contribution in [2.75, 3.05) is 0 Å². The molecule has 1 aromatic heterocycles. The smallest absolute Gasteiger partial charge is 0.343 e. The van der Waals surface area contributed by atoms with Gasteiger partial charge < -0.3 is 25.3 Å². The maximum Gasteiger partial charge on any atom is 0.343 e. The maximum absolute atomic E-state index is 13.3. The van der Waals surface area contributed by atoms with Crippen LogP contribution in [-0.2, 0) is 33.8 Å². The molecule has 2 aromatic carbocycles. The van der Waals surface area contributed by atoms with Crippen LogP contribution in [0.15, 0.2) is 35.1 Å². The summed E-state index contributed by atoms with van der Waals surface area (Å²) in [4.78, 5) is 25.5. The molecule has 5 rings (SSSR count). The number of rotatable bonds is 2. The third-order valence-corrected chi connectivity index (χ3v) is 6.51. The molecule has 7 heteroatoms.